The fraction of sp³-hybridized carbons (Fsp3) is 0.357. The van der Waals surface area contributed by atoms with E-state index in [1.165, 1.54) is 5.39 Å². The number of hydrogen-bond donors (Lipinski definition) is 1. The molecule has 17 heavy (non-hydrogen) atoms. The quantitative estimate of drug-likeness (QED) is 0.851. The Labute approximate surface area is 101 Å². The van der Waals surface area contributed by atoms with E-state index >= 15 is 0 Å². The number of hydrogen-bond acceptors (Lipinski definition) is 3. The van der Waals surface area contributed by atoms with Gasteiger partial charge in [-0.15, -0.1) is 0 Å². The van der Waals surface area contributed by atoms with E-state index in [-0.39, 0.29) is 6.10 Å². The SMILES string of the molecule is O[C@H]1CCN(Cc2ccc3ccccc3n2)C1. The fourth-order valence-electron chi connectivity index (χ4n) is 2.38. The Kier molecular flexibility index (Phi) is 2.79. The van der Waals surface area contributed by atoms with Crippen LogP contribution in [-0.2, 0) is 6.54 Å². The number of fused-ring (bicyclic) bond motifs is 1. The monoisotopic (exact) mass is 228 g/mol. The molecule has 0 spiro atoms. The van der Waals surface area contributed by atoms with Crippen molar-refractivity contribution in [2.75, 3.05) is 13.1 Å². The van der Waals surface area contributed by atoms with Crippen molar-refractivity contribution in [1.82, 2.24) is 9.88 Å². The number of aliphatic hydroxyl groups excluding tert-OH is 1. The van der Waals surface area contributed by atoms with Gasteiger partial charge in [0.2, 0.25) is 0 Å². The zero-order valence-electron chi connectivity index (χ0n) is 9.71. The van der Waals surface area contributed by atoms with Crippen LogP contribution < -0.4 is 0 Å². The van der Waals surface area contributed by atoms with Crippen molar-refractivity contribution in [1.29, 1.82) is 0 Å². The third kappa shape index (κ3) is 2.30. The number of aromatic nitrogens is 1. The zero-order valence-corrected chi connectivity index (χ0v) is 9.71. The average Bonchev–Trinajstić information content (AvgIpc) is 2.75. The first-order valence-electron chi connectivity index (χ1n) is 6.06. The molecule has 0 radical (unpaired) electrons. The van der Waals surface area contributed by atoms with Crippen LogP contribution in [0, 0.1) is 0 Å². The summed E-state index contributed by atoms with van der Waals surface area (Å²) in [6, 6.07) is 12.3. The van der Waals surface area contributed by atoms with Crippen LogP contribution in [-0.4, -0.2) is 34.2 Å². The van der Waals surface area contributed by atoms with Crippen molar-refractivity contribution in [3.05, 3.63) is 42.1 Å². The van der Waals surface area contributed by atoms with Crippen LogP contribution in [0.15, 0.2) is 36.4 Å². The molecule has 1 atom stereocenters. The molecule has 0 unspecified atom stereocenters. The Morgan fingerprint density at radius 2 is 2.12 bits per heavy atom. The largest absolute Gasteiger partial charge is 0.392 e. The molecule has 1 fully saturated rings. The molecular formula is C14H16N2O. The number of pyridine rings is 1. The summed E-state index contributed by atoms with van der Waals surface area (Å²) in [6.45, 7) is 2.58. The van der Waals surface area contributed by atoms with Gasteiger partial charge in [0.15, 0.2) is 0 Å². The highest BCUT2D eigenvalue weighted by Gasteiger charge is 2.20. The molecule has 88 valence electrons. The molecule has 3 nitrogen and oxygen atoms in total. The van der Waals surface area contributed by atoms with Gasteiger partial charge in [0, 0.05) is 25.0 Å². The van der Waals surface area contributed by atoms with Crippen molar-refractivity contribution in [2.24, 2.45) is 0 Å². The molecule has 0 aliphatic carbocycles. The number of likely N-dealkylation sites (tertiary alicyclic amines) is 1. The summed E-state index contributed by atoms with van der Waals surface area (Å²) in [5.41, 5.74) is 2.13. The first-order valence-corrected chi connectivity index (χ1v) is 6.06. The second-order valence-corrected chi connectivity index (χ2v) is 4.67. The number of rotatable bonds is 2. The minimum Gasteiger partial charge on any atom is -0.392 e. The minimum absolute atomic E-state index is 0.157. The van der Waals surface area contributed by atoms with Gasteiger partial charge in [0.1, 0.15) is 0 Å². The first-order chi connectivity index (χ1) is 8.31. The van der Waals surface area contributed by atoms with Gasteiger partial charge in [-0.2, -0.15) is 0 Å². The van der Waals surface area contributed by atoms with Crippen LogP contribution in [0.4, 0.5) is 0 Å². The smallest absolute Gasteiger partial charge is 0.0705 e. The van der Waals surface area contributed by atoms with Gasteiger partial charge < -0.3 is 5.11 Å². The number of benzene rings is 1. The number of β-amino-alcohol motifs (C(OH)–C–C–N with tert-alkyl or cyclic N) is 1. The van der Waals surface area contributed by atoms with Crippen molar-refractivity contribution in [3.8, 4) is 0 Å². The molecule has 3 heteroatoms. The van der Waals surface area contributed by atoms with Gasteiger partial charge in [-0.1, -0.05) is 24.3 Å². The van der Waals surface area contributed by atoms with Crippen molar-refractivity contribution < 1.29 is 5.11 Å². The second kappa shape index (κ2) is 4.43. The molecular weight excluding hydrogens is 212 g/mol. The highest BCUT2D eigenvalue weighted by molar-refractivity contribution is 5.78. The predicted molar refractivity (Wildman–Crippen MR) is 67.6 cm³/mol. The lowest BCUT2D eigenvalue weighted by Gasteiger charge is -2.14. The molecule has 3 rings (SSSR count). The highest BCUT2D eigenvalue weighted by Crippen LogP contribution is 2.15. The van der Waals surface area contributed by atoms with Crippen LogP contribution in [0.2, 0.25) is 0 Å². The fourth-order valence-corrected chi connectivity index (χ4v) is 2.38. The minimum atomic E-state index is -0.157. The normalized spacial score (nSPS) is 21.1. The van der Waals surface area contributed by atoms with E-state index in [9.17, 15) is 5.11 Å². The van der Waals surface area contributed by atoms with Crippen LogP contribution in [0.3, 0.4) is 0 Å². The molecule has 1 aromatic carbocycles. The highest BCUT2D eigenvalue weighted by atomic mass is 16.3. The van der Waals surface area contributed by atoms with Crippen molar-refractivity contribution in [2.45, 2.75) is 19.1 Å². The number of para-hydroxylation sites is 1. The standard InChI is InChI=1S/C14H16N2O/c17-13-7-8-16(10-13)9-12-6-5-11-3-1-2-4-14(11)15-12/h1-6,13,17H,7-10H2/t13-/m0/s1. The Balaban J connectivity index is 1.81. The van der Waals surface area contributed by atoms with Gasteiger partial charge in [-0.3, -0.25) is 9.88 Å². The topological polar surface area (TPSA) is 36.4 Å². The van der Waals surface area contributed by atoms with E-state index in [2.05, 4.69) is 28.1 Å². The predicted octanol–water partition coefficient (Wildman–Crippen LogP) is 1.80. The molecule has 0 bridgehead atoms. The van der Waals surface area contributed by atoms with Crippen LogP contribution >= 0.6 is 0 Å². The van der Waals surface area contributed by atoms with Gasteiger partial charge in [-0.05, 0) is 18.6 Å². The summed E-state index contributed by atoms with van der Waals surface area (Å²) >= 11 is 0. The molecule has 1 aliphatic rings. The first kappa shape index (κ1) is 10.7. The Hall–Kier alpha value is -1.45. The summed E-state index contributed by atoms with van der Waals surface area (Å²) in [5, 5.41) is 10.7. The maximum absolute atomic E-state index is 9.49. The second-order valence-electron chi connectivity index (χ2n) is 4.67. The van der Waals surface area contributed by atoms with E-state index in [0.29, 0.717) is 0 Å². The Bertz CT molecular complexity index is 526. The molecule has 0 saturated carbocycles. The molecule has 2 heterocycles. The maximum atomic E-state index is 9.49. The third-order valence-electron chi connectivity index (χ3n) is 3.29. The molecule has 1 N–H and O–H groups in total. The number of nitrogens with zero attached hydrogens (tertiary/aromatic N) is 2. The lowest BCUT2D eigenvalue weighted by atomic mass is 10.2. The molecule has 0 amide bonds. The van der Waals surface area contributed by atoms with Gasteiger partial charge in [0.05, 0.1) is 17.3 Å². The molecule has 1 saturated heterocycles. The lowest BCUT2D eigenvalue weighted by molar-refractivity contribution is 0.174. The van der Waals surface area contributed by atoms with E-state index in [4.69, 9.17) is 0 Å². The molecule has 1 aromatic heterocycles. The van der Waals surface area contributed by atoms with E-state index in [1.54, 1.807) is 0 Å². The lowest BCUT2D eigenvalue weighted by Crippen LogP contribution is -2.21. The van der Waals surface area contributed by atoms with Gasteiger partial charge >= 0.3 is 0 Å². The Morgan fingerprint density at radius 3 is 2.94 bits per heavy atom. The summed E-state index contributed by atoms with van der Waals surface area (Å²) < 4.78 is 0. The summed E-state index contributed by atoms with van der Waals surface area (Å²) in [6.07, 6.45) is 0.726. The van der Waals surface area contributed by atoms with Crippen molar-refractivity contribution in [3.63, 3.8) is 0 Å². The van der Waals surface area contributed by atoms with Gasteiger partial charge in [-0.25, -0.2) is 0 Å². The van der Waals surface area contributed by atoms with E-state index < -0.39 is 0 Å². The Morgan fingerprint density at radius 1 is 1.24 bits per heavy atom. The summed E-state index contributed by atoms with van der Waals surface area (Å²) in [4.78, 5) is 6.89. The van der Waals surface area contributed by atoms with Gasteiger partial charge in [0.25, 0.3) is 0 Å². The molecule has 1 aliphatic heterocycles. The van der Waals surface area contributed by atoms with Crippen molar-refractivity contribution >= 4 is 10.9 Å². The summed E-state index contributed by atoms with van der Waals surface area (Å²) in [5.74, 6) is 0. The maximum Gasteiger partial charge on any atom is 0.0705 e. The number of aliphatic hydroxyl groups is 1. The van der Waals surface area contributed by atoms with Crippen LogP contribution in [0.5, 0.6) is 0 Å². The van der Waals surface area contributed by atoms with E-state index in [1.807, 2.05) is 18.2 Å². The zero-order chi connectivity index (χ0) is 11.7. The molecule has 2 aromatic rings. The third-order valence-corrected chi connectivity index (χ3v) is 3.29. The van der Waals surface area contributed by atoms with Crippen LogP contribution in [0.1, 0.15) is 12.1 Å². The van der Waals surface area contributed by atoms with E-state index in [0.717, 1.165) is 37.3 Å². The summed E-state index contributed by atoms with van der Waals surface area (Å²) in [7, 11) is 0. The average molecular weight is 228 g/mol. The van der Waals surface area contributed by atoms with Crippen LogP contribution in [0.25, 0.3) is 10.9 Å².